The van der Waals surface area contributed by atoms with Gasteiger partial charge in [-0.1, -0.05) is 6.07 Å². The van der Waals surface area contributed by atoms with Crippen molar-refractivity contribution < 1.29 is 9.53 Å². The molecule has 1 fully saturated rings. The first-order valence-corrected chi connectivity index (χ1v) is 8.65. The summed E-state index contributed by atoms with van der Waals surface area (Å²) in [5.41, 5.74) is 0. The maximum absolute atomic E-state index is 12.5. The summed E-state index contributed by atoms with van der Waals surface area (Å²) in [6.07, 6.45) is 1.46. The molecule has 7 nitrogen and oxygen atoms in total. The summed E-state index contributed by atoms with van der Waals surface area (Å²) in [5.74, 6) is 0.774. The predicted molar refractivity (Wildman–Crippen MR) is 87.2 cm³/mol. The summed E-state index contributed by atoms with van der Waals surface area (Å²) in [7, 11) is 0. The number of hydrogen-bond acceptors (Lipinski definition) is 5. The van der Waals surface area contributed by atoms with Crippen LogP contribution in [0, 0.1) is 0 Å². The van der Waals surface area contributed by atoms with Gasteiger partial charge in [0.05, 0.1) is 19.2 Å². The second-order valence-corrected chi connectivity index (χ2v) is 6.45. The number of carbonyl (C=O) groups is 1. The number of thiophene rings is 1. The number of aromatic nitrogens is 3. The summed E-state index contributed by atoms with van der Waals surface area (Å²) in [4.78, 5) is 15.4. The van der Waals surface area contributed by atoms with E-state index in [4.69, 9.17) is 4.74 Å². The molecule has 0 aromatic carbocycles. The molecule has 3 rings (SSSR count). The zero-order chi connectivity index (χ0) is 16.2. The lowest BCUT2D eigenvalue weighted by Gasteiger charge is -2.33. The van der Waals surface area contributed by atoms with Crippen molar-refractivity contribution in [2.75, 3.05) is 19.7 Å². The maximum Gasteiger partial charge on any atom is 0.318 e. The molecule has 0 unspecified atom stereocenters. The number of amides is 2. The highest BCUT2D eigenvalue weighted by molar-refractivity contribution is 7.10. The van der Waals surface area contributed by atoms with Crippen molar-refractivity contribution in [1.29, 1.82) is 0 Å². The van der Waals surface area contributed by atoms with E-state index in [1.165, 1.54) is 0 Å². The molecule has 2 aromatic heterocycles. The Balaban J connectivity index is 1.63. The van der Waals surface area contributed by atoms with Crippen LogP contribution in [0.4, 0.5) is 4.79 Å². The molecular weight excluding hydrogens is 314 g/mol. The Bertz CT molecular complexity index is 642. The number of hydrogen-bond donors (Lipinski definition) is 1. The quantitative estimate of drug-likeness (QED) is 0.930. The van der Waals surface area contributed by atoms with Crippen molar-refractivity contribution in [3.63, 3.8) is 0 Å². The molecule has 1 aliphatic heterocycles. The summed E-state index contributed by atoms with van der Waals surface area (Å²) in [6, 6.07) is 3.96. The van der Waals surface area contributed by atoms with Crippen LogP contribution in [-0.4, -0.2) is 45.4 Å². The van der Waals surface area contributed by atoms with Crippen LogP contribution in [0.3, 0.4) is 0 Å². The van der Waals surface area contributed by atoms with E-state index in [1.54, 1.807) is 22.6 Å². The number of aryl methyl sites for hydroxylation is 1. The van der Waals surface area contributed by atoms with Gasteiger partial charge in [-0.15, -0.1) is 21.5 Å². The molecule has 1 saturated heterocycles. The lowest BCUT2D eigenvalue weighted by atomic mass is 10.2. The van der Waals surface area contributed by atoms with E-state index in [9.17, 15) is 4.79 Å². The van der Waals surface area contributed by atoms with Crippen LogP contribution in [0.15, 0.2) is 23.8 Å². The third-order valence-electron chi connectivity index (χ3n) is 3.94. The standard InChI is InChI=1S/C15H21N5O2S/c1-3-19-10-16-18-14(19)12-9-20(6-7-22-12)15(21)17-11(2)13-5-4-8-23-13/h4-5,8,10-12H,3,6-7,9H2,1-2H3,(H,17,21)/t11-,12+/m1/s1. The van der Waals surface area contributed by atoms with Crippen LogP contribution >= 0.6 is 11.3 Å². The Morgan fingerprint density at radius 3 is 3.22 bits per heavy atom. The van der Waals surface area contributed by atoms with Gasteiger partial charge < -0.3 is 19.5 Å². The molecule has 8 heteroatoms. The molecule has 0 bridgehead atoms. The van der Waals surface area contributed by atoms with Crippen LogP contribution in [-0.2, 0) is 11.3 Å². The minimum atomic E-state index is -0.228. The molecule has 2 atom stereocenters. The molecule has 23 heavy (non-hydrogen) atoms. The summed E-state index contributed by atoms with van der Waals surface area (Å²) in [5, 5.41) is 13.1. The fraction of sp³-hybridized carbons (Fsp3) is 0.533. The average Bonchev–Trinajstić information content (AvgIpc) is 3.26. The van der Waals surface area contributed by atoms with E-state index < -0.39 is 0 Å². The van der Waals surface area contributed by atoms with Crippen molar-refractivity contribution in [2.24, 2.45) is 0 Å². The first-order chi connectivity index (χ1) is 11.2. The van der Waals surface area contributed by atoms with Gasteiger partial charge in [0.15, 0.2) is 5.82 Å². The number of ether oxygens (including phenoxy) is 1. The Labute approximate surface area is 139 Å². The molecule has 1 aliphatic rings. The van der Waals surface area contributed by atoms with Crippen molar-refractivity contribution in [3.05, 3.63) is 34.5 Å². The molecule has 0 spiro atoms. The highest BCUT2D eigenvalue weighted by Crippen LogP contribution is 2.22. The van der Waals surface area contributed by atoms with Crippen molar-refractivity contribution in [3.8, 4) is 0 Å². The molecule has 0 aliphatic carbocycles. The van der Waals surface area contributed by atoms with Gasteiger partial charge in [-0.05, 0) is 25.3 Å². The smallest absolute Gasteiger partial charge is 0.318 e. The number of carbonyl (C=O) groups excluding carboxylic acids is 1. The van der Waals surface area contributed by atoms with Gasteiger partial charge in [-0.25, -0.2) is 4.79 Å². The van der Waals surface area contributed by atoms with Crippen LogP contribution in [0.2, 0.25) is 0 Å². The molecule has 2 aromatic rings. The van der Waals surface area contributed by atoms with Gasteiger partial charge in [-0.3, -0.25) is 0 Å². The third-order valence-corrected chi connectivity index (χ3v) is 4.99. The van der Waals surface area contributed by atoms with E-state index in [1.807, 2.05) is 35.9 Å². The maximum atomic E-state index is 12.5. The number of nitrogens with one attached hydrogen (secondary N) is 1. The topological polar surface area (TPSA) is 72.3 Å². The molecule has 0 radical (unpaired) electrons. The Hall–Kier alpha value is -1.93. The molecule has 0 saturated carbocycles. The SMILES string of the molecule is CCn1cnnc1[C@@H]1CN(C(=O)N[C@H](C)c2cccs2)CCO1. The lowest BCUT2D eigenvalue weighted by Crippen LogP contribution is -2.48. The van der Waals surface area contributed by atoms with Gasteiger partial charge in [-0.2, -0.15) is 0 Å². The van der Waals surface area contributed by atoms with E-state index in [2.05, 4.69) is 15.5 Å². The molecule has 124 valence electrons. The first-order valence-electron chi connectivity index (χ1n) is 7.77. The molecule has 3 heterocycles. The van der Waals surface area contributed by atoms with E-state index in [-0.39, 0.29) is 18.2 Å². The summed E-state index contributed by atoms with van der Waals surface area (Å²) < 4.78 is 7.72. The van der Waals surface area contributed by atoms with Crippen molar-refractivity contribution >= 4 is 17.4 Å². The fourth-order valence-corrected chi connectivity index (χ4v) is 3.37. The van der Waals surface area contributed by atoms with Crippen molar-refractivity contribution in [2.45, 2.75) is 32.5 Å². The minimum absolute atomic E-state index is 0.00286. The predicted octanol–water partition coefficient (Wildman–Crippen LogP) is 2.20. The Kier molecular flexibility index (Phi) is 4.92. The number of nitrogens with zero attached hydrogens (tertiary/aromatic N) is 4. The normalized spacial score (nSPS) is 19.6. The summed E-state index contributed by atoms with van der Waals surface area (Å²) in [6.45, 7) is 6.38. The molecular formula is C15H21N5O2S. The Morgan fingerprint density at radius 1 is 1.61 bits per heavy atom. The lowest BCUT2D eigenvalue weighted by molar-refractivity contribution is -0.0220. The number of urea groups is 1. The highest BCUT2D eigenvalue weighted by Gasteiger charge is 2.29. The second-order valence-electron chi connectivity index (χ2n) is 5.47. The van der Waals surface area contributed by atoms with Crippen LogP contribution in [0.25, 0.3) is 0 Å². The first kappa shape index (κ1) is 15.9. The molecule has 2 amide bonds. The monoisotopic (exact) mass is 335 g/mol. The van der Waals surface area contributed by atoms with Crippen LogP contribution in [0.5, 0.6) is 0 Å². The van der Waals surface area contributed by atoms with E-state index >= 15 is 0 Å². The Morgan fingerprint density at radius 2 is 2.48 bits per heavy atom. The molecule has 1 N–H and O–H groups in total. The average molecular weight is 335 g/mol. The van der Waals surface area contributed by atoms with Gasteiger partial charge in [0.1, 0.15) is 12.4 Å². The van der Waals surface area contributed by atoms with E-state index in [0.717, 1.165) is 17.2 Å². The van der Waals surface area contributed by atoms with Gasteiger partial charge >= 0.3 is 6.03 Å². The zero-order valence-electron chi connectivity index (χ0n) is 13.3. The summed E-state index contributed by atoms with van der Waals surface area (Å²) >= 11 is 1.64. The number of morpholine rings is 1. The van der Waals surface area contributed by atoms with E-state index in [0.29, 0.717) is 19.7 Å². The highest BCUT2D eigenvalue weighted by atomic mass is 32.1. The van der Waals surface area contributed by atoms with Crippen LogP contribution in [0.1, 0.15) is 36.7 Å². The van der Waals surface area contributed by atoms with Crippen molar-refractivity contribution in [1.82, 2.24) is 25.0 Å². The van der Waals surface area contributed by atoms with Gasteiger partial charge in [0, 0.05) is 18.0 Å². The fourth-order valence-electron chi connectivity index (χ4n) is 2.63. The number of rotatable bonds is 4. The minimum Gasteiger partial charge on any atom is -0.366 e. The van der Waals surface area contributed by atoms with Crippen LogP contribution < -0.4 is 5.32 Å². The third kappa shape index (κ3) is 3.53. The second kappa shape index (κ2) is 7.10. The van der Waals surface area contributed by atoms with Gasteiger partial charge in [0.25, 0.3) is 0 Å². The van der Waals surface area contributed by atoms with Gasteiger partial charge in [0.2, 0.25) is 0 Å². The largest absolute Gasteiger partial charge is 0.366 e. The zero-order valence-corrected chi connectivity index (χ0v) is 14.1.